The van der Waals surface area contributed by atoms with E-state index in [1.54, 1.807) is 14.2 Å². The van der Waals surface area contributed by atoms with Gasteiger partial charge in [-0.2, -0.15) is 0 Å². The summed E-state index contributed by atoms with van der Waals surface area (Å²) in [6, 6.07) is 40.8. The van der Waals surface area contributed by atoms with Crippen LogP contribution in [0.5, 0.6) is 0 Å². The molecule has 0 N–H and O–H groups in total. The van der Waals surface area contributed by atoms with Crippen molar-refractivity contribution in [2.45, 2.75) is 158 Å². The number of hydrogen-bond donors (Lipinski definition) is 0. The van der Waals surface area contributed by atoms with Gasteiger partial charge in [0.1, 0.15) is 0 Å². The van der Waals surface area contributed by atoms with Crippen LogP contribution in [0.2, 0.25) is 18.1 Å². The fourth-order valence-corrected chi connectivity index (χ4v) is 11.6. The molecule has 4 aromatic rings. The van der Waals surface area contributed by atoms with Crippen LogP contribution in [0.25, 0.3) is 0 Å². The number of hydrogen-bond acceptors (Lipinski definition) is 11. The van der Waals surface area contributed by atoms with Gasteiger partial charge in [-0.25, -0.2) is 0 Å². The van der Waals surface area contributed by atoms with Crippen LogP contribution in [0.3, 0.4) is 0 Å². The normalized spacial score (nSPS) is 31.9. The second-order valence-corrected chi connectivity index (χ2v) is 26.1. The van der Waals surface area contributed by atoms with Gasteiger partial charge in [0.05, 0.1) is 0 Å². The van der Waals surface area contributed by atoms with E-state index in [4.69, 9.17) is 51.8 Å². The SMILES string of the molecule is CCC1OC([Se]c2ccccc2)C(OC2OC(CO[Si](C)(C)C(C)(C)C)C(OCc3ccccc3)C(OCc3ccccc3)C2OCc2ccccc2)C2OC(C)(OC)C(C)(OC)OC12. The summed E-state index contributed by atoms with van der Waals surface area (Å²) in [5.41, 5.74) is 3.04. The van der Waals surface area contributed by atoms with Gasteiger partial charge in [-0.05, 0) is 0 Å². The van der Waals surface area contributed by atoms with Crippen LogP contribution in [0.1, 0.15) is 64.7 Å². The molecule has 0 aliphatic carbocycles. The Labute approximate surface area is 394 Å². The van der Waals surface area contributed by atoms with E-state index in [9.17, 15) is 0 Å². The molecule has 12 atom stereocenters. The van der Waals surface area contributed by atoms with Crippen LogP contribution in [0.4, 0.5) is 0 Å². The van der Waals surface area contributed by atoms with Crippen LogP contribution in [-0.2, 0) is 71.6 Å². The number of rotatable bonds is 19. The molecule has 4 aromatic carbocycles. The van der Waals surface area contributed by atoms with Gasteiger partial charge in [0.25, 0.3) is 0 Å². The zero-order valence-corrected chi connectivity index (χ0v) is 42.5. The van der Waals surface area contributed by atoms with Crippen molar-refractivity contribution in [2.24, 2.45) is 0 Å². The second-order valence-electron chi connectivity index (χ2n) is 18.8. The molecule has 7 rings (SSSR count). The molecule has 13 heteroatoms. The van der Waals surface area contributed by atoms with Crippen molar-refractivity contribution in [1.29, 1.82) is 0 Å². The van der Waals surface area contributed by atoms with E-state index in [0.717, 1.165) is 21.2 Å². The van der Waals surface area contributed by atoms with E-state index >= 15 is 0 Å². The zero-order chi connectivity index (χ0) is 46.2. The Morgan fingerprint density at radius 3 is 1.52 bits per heavy atom. The van der Waals surface area contributed by atoms with E-state index < -0.39 is 73.9 Å². The molecule has 0 radical (unpaired) electrons. The Balaban J connectivity index is 1.33. The molecular formula is C52H70O11SeSi. The Hall–Kier alpha value is -2.82. The first-order valence-electron chi connectivity index (χ1n) is 22.9. The predicted octanol–water partition coefficient (Wildman–Crippen LogP) is 8.55. The van der Waals surface area contributed by atoms with Crippen LogP contribution < -0.4 is 4.46 Å². The van der Waals surface area contributed by atoms with Crippen LogP contribution in [0, 0.1) is 0 Å². The van der Waals surface area contributed by atoms with Gasteiger partial charge < -0.3 is 0 Å². The molecule has 3 saturated heterocycles. The van der Waals surface area contributed by atoms with E-state index in [1.807, 2.05) is 86.6 Å². The first kappa shape index (κ1) is 50.1. The third-order valence-electron chi connectivity index (χ3n) is 13.5. The van der Waals surface area contributed by atoms with Gasteiger partial charge in [-0.15, -0.1) is 0 Å². The first-order valence-corrected chi connectivity index (χ1v) is 27.7. The summed E-state index contributed by atoms with van der Waals surface area (Å²) >= 11 is -0.233. The minimum absolute atomic E-state index is 0.0530. The van der Waals surface area contributed by atoms with Crippen molar-refractivity contribution in [1.82, 2.24) is 0 Å². The molecule has 354 valence electrons. The average molecular weight is 978 g/mol. The fourth-order valence-electron chi connectivity index (χ4n) is 8.21. The van der Waals surface area contributed by atoms with Crippen molar-refractivity contribution in [3.63, 3.8) is 0 Å². The molecular weight excluding hydrogens is 908 g/mol. The summed E-state index contributed by atoms with van der Waals surface area (Å²) in [4.78, 5) is 0. The number of fused-ring (bicyclic) bond motifs is 1. The van der Waals surface area contributed by atoms with Crippen molar-refractivity contribution in [2.75, 3.05) is 20.8 Å². The van der Waals surface area contributed by atoms with Crippen LogP contribution in [-0.4, -0.2) is 116 Å². The zero-order valence-electron chi connectivity index (χ0n) is 39.8. The summed E-state index contributed by atoms with van der Waals surface area (Å²) in [5.74, 6) is -2.56. The quantitative estimate of drug-likeness (QED) is 0.0846. The van der Waals surface area contributed by atoms with Crippen LogP contribution in [0.15, 0.2) is 121 Å². The van der Waals surface area contributed by atoms with Crippen molar-refractivity contribution < 1.29 is 51.8 Å². The summed E-state index contributed by atoms with van der Waals surface area (Å²) in [6.45, 7) is 18.1. The molecule has 3 heterocycles. The molecule has 11 nitrogen and oxygen atoms in total. The molecule has 12 unspecified atom stereocenters. The topological polar surface area (TPSA) is 102 Å². The second kappa shape index (κ2) is 22.1. The fraction of sp³-hybridized carbons (Fsp3) is 0.538. The summed E-state index contributed by atoms with van der Waals surface area (Å²) < 4.78 is 77.4. The van der Waals surface area contributed by atoms with E-state index in [0.29, 0.717) is 19.6 Å². The molecule has 65 heavy (non-hydrogen) atoms. The average Bonchev–Trinajstić information content (AvgIpc) is 3.31. The van der Waals surface area contributed by atoms with Gasteiger partial charge in [0.2, 0.25) is 0 Å². The minimum atomic E-state index is -2.29. The molecule has 0 bridgehead atoms. The Kier molecular flexibility index (Phi) is 17.0. The summed E-state index contributed by atoms with van der Waals surface area (Å²) in [6.07, 6.45) is -5.32. The van der Waals surface area contributed by atoms with Gasteiger partial charge in [-0.1, -0.05) is 6.07 Å². The van der Waals surface area contributed by atoms with Crippen molar-refractivity contribution in [3.8, 4) is 0 Å². The number of benzene rings is 4. The molecule has 3 aliphatic heterocycles. The maximum atomic E-state index is 7.51. The summed E-state index contributed by atoms with van der Waals surface area (Å²) in [7, 11) is 0.911. The molecule has 0 spiro atoms. The summed E-state index contributed by atoms with van der Waals surface area (Å²) in [5, 5.41) is -0.480. The van der Waals surface area contributed by atoms with Crippen molar-refractivity contribution in [3.05, 3.63) is 138 Å². The van der Waals surface area contributed by atoms with Gasteiger partial charge in [-0.3, -0.25) is 0 Å². The molecule has 3 aliphatic rings. The number of methoxy groups -OCH3 is 2. The van der Waals surface area contributed by atoms with E-state index in [1.165, 1.54) is 0 Å². The Morgan fingerprint density at radius 1 is 0.585 bits per heavy atom. The molecule has 0 aromatic heterocycles. The van der Waals surface area contributed by atoms with Gasteiger partial charge in [0.15, 0.2) is 0 Å². The third kappa shape index (κ3) is 11.9. The third-order valence-corrected chi connectivity index (χ3v) is 20.4. The molecule has 0 saturated carbocycles. The first-order chi connectivity index (χ1) is 31.2. The monoisotopic (exact) mass is 978 g/mol. The van der Waals surface area contributed by atoms with Crippen molar-refractivity contribution >= 4 is 27.7 Å². The molecule has 0 amide bonds. The standard InChI is InChI=1S/C52H70O11SeSi/c1-11-40-43-45(63-52(6,54-8)51(5,53-7)62-43)47(49(60-40)64-39-30-22-15-23-31-39)61-48-46(57-34-38-28-20-14-21-29-38)44(56-33-37-26-18-13-19-27-37)42(55-32-36-24-16-12-17-25-36)41(59-48)35-58-65(9,10)50(2,3)4/h12-31,40-49H,11,32-35H2,1-10H3. The van der Waals surface area contributed by atoms with Crippen LogP contribution >= 0.6 is 0 Å². The van der Waals surface area contributed by atoms with E-state index in [2.05, 4.69) is 89.3 Å². The van der Waals surface area contributed by atoms with E-state index in [-0.39, 0.29) is 39.3 Å². The molecule has 3 fully saturated rings. The Bertz CT molecular complexity index is 2030. The predicted molar refractivity (Wildman–Crippen MR) is 253 cm³/mol. The number of ether oxygens (including phenoxy) is 10. The Morgan fingerprint density at radius 2 is 1.05 bits per heavy atom. The van der Waals surface area contributed by atoms with Gasteiger partial charge >= 0.3 is 390 Å². The van der Waals surface area contributed by atoms with Gasteiger partial charge in [0, 0.05) is 0 Å². The maximum absolute atomic E-state index is 7.51.